The number of nitrogens with zero attached hydrogens (tertiary/aromatic N) is 1. The van der Waals surface area contributed by atoms with Crippen LogP contribution in [0.15, 0.2) is 23.2 Å². The number of benzene rings is 1. The molecular weight excluding hydrogens is 216 g/mol. The molecule has 90 valence electrons. The van der Waals surface area contributed by atoms with Crippen molar-refractivity contribution in [3.8, 4) is 0 Å². The molecule has 1 N–H and O–H groups in total. The molecular formula is C13H16N2O2. The Hall–Kier alpha value is -1.93. The van der Waals surface area contributed by atoms with E-state index in [4.69, 9.17) is 0 Å². The fraction of sp³-hybridized carbons (Fsp3) is 0.385. The molecule has 0 spiro atoms. The zero-order valence-electron chi connectivity index (χ0n) is 10.3. The van der Waals surface area contributed by atoms with Gasteiger partial charge in [0, 0.05) is 12.1 Å². The van der Waals surface area contributed by atoms with Crippen LogP contribution in [0.4, 0.5) is 5.69 Å². The van der Waals surface area contributed by atoms with Gasteiger partial charge < -0.3 is 5.32 Å². The molecule has 0 saturated heterocycles. The monoisotopic (exact) mass is 232 g/mol. The van der Waals surface area contributed by atoms with E-state index in [1.54, 1.807) is 25.1 Å². The summed E-state index contributed by atoms with van der Waals surface area (Å²) in [6.45, 7) is 6.44. The number of nitrogens with one attached hydrogen (secondary N) is 1. The molecule has 0 aromatic heterocycles. The van der Waals surface area contributed by atoms with Gasteiger partial charge in [-0.25, -0.2) is 4.79 Å². The van der Waals surface area contributed by atoms with E-state index in [1.807, 2.05) is 13.8 Å². The molecule has 0 saturated carbocycles. The van der Waals surface area contributed by atoms with Crippen LogP contribution < -0.4 is 5.32 Å². The van der Waals surface area contributed by atoms with Crippen LogP contribution in [0.25, 0.3) is 0 Å². The lowest BCUT2D eigenvalue weighted by Crippen LogP contribution is -2.27. The molecule has 1 aromatic rings. The van der Waals surface area contributed by atoms with Gasteiger partial charge in [0.25, 0.3) is 5.91 Å². The highest BCUT2D eigenvalue weighted by molar-refractivity contribution is 5.96. The molecule has 0 heterocycles. The molecule has 0 aliphatic rings. The van der Waals surface area contributed by atoms with Crippen molar-refractivity contribution < 1.29 is 9.59 Å². The first kappa shape index (κ1) is 13.1. The van der Waals surface area contributed by atoms with E-state index < -0.39 is 0 Å². The molecule has 17 heavy (non-hydrogen) atoms. The molecule has 1 rings (SSSR count). The second-order valence-corrected chi connectivity index (χ2v) is 4.26. The maximum atomic E-state index is 11.9. The van der Waals surface area contributed by atoms with Gasteiger partial charge in [-0.05, 0) is 30.5 Å². The second kappa shape index (κ2) is 5.97. The topological polar surface area (TPSA) is 58.5 Å². The van der Waals surface area contributed by atoms with Crippen molar-refractivity contribution in [1.82, 2.24) is 5.32 Å². The van der Waals surface area contributed by atoms with Crippen molar-refractivity contribution in [2.24, 2.45) is 10.9 Å². The largest absolute Gasteiger partial charge is 0.352 e. The van der Waals surface area contributed by atoms with Gasteiger partial charge in [0.15, 0.2) is 0 Å². The summed E-state index contributed by atoms with van der Waals surface area (Å²) in [7, 11) is 0. The fourth-order valence-corrected chi connectivity index (χ4v) is 1.43. The Morgan fingerprint density at radius 3 is 2.76 bits per heavy atom. The zero-order valence-corrected chi connectivity index (χ0v) is 10.3. The number of carbonyl (C=O) groups excluding carboxylic acids is 2. The van der Waals surface area contributed by atoms with E-state index in [9.17, 15) is 9.59 Å². The molecule has 0 aliphatic carbocycles. The molecule has 4 nitrogen and oxygen atoms in total. The number of hydrogen-bond donors (Lipinski definition) is 1. The predicted molar refractivity (Wildman–Crippen MR) is 66.1 cm³/mol. The summed E-state index contributed by atoms with van der Waals surface area (Å²) in [5.74, 6) is 0.259. The van der Waals surface area contributed by atoms with E-state index in [-0.39, 0.29) is 5.91 Å². The Bertz CT molecular complexity index is 460. The predicted octanol–water partition coefficient (Wildman–Crippen LogP) is 2.35. The number of isocyanates is 1. The van der Waals surface area contributed by atoms with Gasteiger partial charge in [-0.3, -0.25) is 4.79 Å². The first-order valence-electron chi connectivity index (χ1n) is 5.52. The summed E-state index contributed by atoms with van der Waals surface area (Å²) < 4.78 is 0. The lowest BCUT2D eigenvalue weighted by atomic mass is 10.1. The van der Waals surface area contributed by atoms with Gasteiger partial charge in [-0.1, -0.05) is 19.9 Å². The first-order valence-corrected chi connectivity index (χ1v) is 5.52. The van der Waals surface area contributed by atoms with Crippen LogP contribution in [-0.2, 0) is 4.79 Å². The van der Waals surface area contributed by atoms with Gasteiger partial charge in [-0.15, -0.1) is 0 Å². The van der Waals surface area contributed by atoms with E-state index in [0.717, 1.165) is 0 Å². The van der Waals surface area contributed by atoms with E-state index in [1.165, 1.54) is 6.08 Å². The second-order valence-electron chi connectivity index (χ2n) is 4.26. The summed E-state index contributed by atoms with van der Waals surface area (Å²) in [5.41, 5.74) is 1.72. The minimum atomic E-state index is -0.140. The van der Waals surface area contributed by atoms with E-state index in [0.29, 0.717) is 29.3 Å². The van der Waals surface area contributed by atoms with Crippen LogP contribution in [0.5, 0.6) is 0 Å². The number of hydrogen-bond acceptors (Lipinski definition) is 3. The van der Waals surface area contributed by atoms with Crippen molar-refractivity contribution in [3.05, 3.63) is 29.3 Å². The third-order valence-corrected chi connectivity index (χ3v) is 2.39. The number of amides is 1. The lowest BCUT2D eigenvalue weighted by molar-refractivity contribution is 0.0948. The summed E-state index contributed by atoms with van der Waals surface area (Å²) in [6, 6.07) is 5.10. The van der Waals surface area contributed by atoms with Crippen LogP contribution >= 0.6 is 0 Å². The van der Waals surface area contributed by atoms with Crippen molar-refractivity contribution >= 4 is 17.7 Å². The number of carbonyl (C=O) groups is 1. The minimum Gasteiger partial charge on any atom is -0.352 e. The SMILES string of the molecule is Cc1c(N=C=O)cccc1C(=O)NCC(C)C. The van der Waals surface area contributed by atoms with Crippen LogP contribution in [0.2, 0.25) is 0 Å². The molecule has 4 heteroatoms. The molecule has 1 amide bonds. The highest BCUT2D eigenvalue weighted by Crippen LogP contribution is 2.21. The molecule has 0 bridgehead atoms. The molecule has 0 radical (unpaired) electrons. The quantitative estimate of drug-likeness (QED) is 0.640. The van der Waals surface area contributed by atoms with Gasteiger partial charge in [-0.2, -0.15) is 4.99 Å². The summed E-state index contributed by atoms with van der Waals surface area (Å²) >= 11 is 0. The zero-order chi connectivity index (χ0) is 12.8. The van der Waals surface area contributed by atoms with Gasteiger partial charge in [0.2, 0.25) is 6.08 Å². The molecule has 0 atom stereocenters. The molecule has 1 aromatic carbocycles. The Labute approximate surface area is 101 Å². The standard InChI is InChI=1S/C13H16N2O2/c1-9(2)7-14-13(17)11-5-4-6-12(10(11)3)15-8-16/h4-6,9H,7H2,1-3H3,(H,14,17). The van der Waals surface area contributed by atoms with Gasteiger partial charge >= 0.3 is 0 Å². The average Bonchev–Trinajstić information content (AvgIpc) is 2.29. The summed E-state index contributed by atoms with van der Waals surface area (Å²) in [5, 5.41) is 2.83. The third kappa shape index (κ3) is 3.54. The average molecular weight is 232 g/mol. The third-order valence-electron chi connectivity index (χ3n) is 2.39. The molecule has 0 unspecified atom stereocenters. The fourth-order valence-electron chi connectivity index (χ4n) is 1.43. The first-order chi connectivity index (χ1) is 8.06. The van der Waals surface area contributed by atoms with Gasteiger partial charge in [0.1, 0.15) is 0 Å². The van der Waals surface area contributed by atoms with Crippen LogP contribution in [0.1, 0.15) is 29.8 Å². The highest BCUT2D eigenvalue weighted by Gasteiger charge is 2.11. The van der Waals surface area contributed by atoms with E-state index in [2.05, 4.69) is 10.3 Å². The summed E-state index contributed by atoms with van der Waals surface area (Å²) in [6.07, 6.45) is 1.48. The minimum absolute atomic E-state index is 0.140. The van der Waals surface area contributed by atoms with Crippen LogP contribution in [-0.4, -0.2) is 18.5 Å². The Balaban J connectivity index is 2.94. The molecule has 0 fully saturated rings. The Kier molecular flexibility index (Phi) is 4.61. The van der Waals surface area contributed by atoms with Crippen molar-refractivity contribution in [1.29, 1.82) is 0 Å². The van der Waals surface area contributed by atoms with Crippen LogP contribution in [0.3, 0.4) is 0 Å². The Morgan fingerprint density at radius 1 is 1.47 bits per heavy atom. The normalized spacial score (nSPS) is 9.88. The highest BCUT2D eigenvalue weighted by atomic mass is 16.1. The maximum Gasteiger partial charge on any atom is 0.251 e. The maximum absolute atomic E-state index is 11.9. The van der Waals surface area contributed by atoms with Gasteiger partial charge in [0.05, 0.1) is 5.69 Å². The Morgan fingerprint density at radius 2 is 2.18 bits per heavy atom. The number of aliphatic imine (C=N–C) groups is 1. The van der Waals surface area contributed by atoms with Crippen molar-refractivity contribution in [3.63, 3.8) is 0 Å². The molecule has 0 aliphatic heterocycles. The van der Waals surface area contributed by atoms with Crippen molar-refractivity contribution in [2.45, 2.75) is 20.8 Å². The van der Waals surface area contributed by atoms with Crippen LogP contribution in [0, 0.1) is 12.8 Å². The number of rotatable bonds is 4. The van der Waals surface area contributed by atoms with Crippen molar-refractivity contribution in [2.75, 3.05) is 6.54 Å². The lowest BCUT2D eigenvalue weighted by Gasteiger charge is -2.10. The summed E-state index contributed by atoms with van der Waals surface area (Å²) in [4.78, 5) is 25.7. The smallest absolute Gasteiger partial charge is 0.251 e. The van der Waals surface area contributed by atoms with E-state index >= 15 is 0 Å².